The molecule has 0 bridgehead atoms. The van der Waals surface area contributed by atoms with Gasteiger partial charge in [-0.05, 0) is 88.1 Å². The van der Waals surface area contributed by atoms with Gasteiger partial charge in [-0.15, -0.1) is 0 Å². The highest BCUT2D eigenvalue weighted by molar-refractivity contribution is 7.92. The number of hydrogen-bond acceptors (Lipinski definition) is 5. The lowest BCUT2D eigenvalue weighted by Gasteiger charge is -2.33. The Morgan fingerprint density at radius 2 is 1.56 bits per heavy atom. The average molecular weight is 580 g/mol. The fraction of sp³-hybridized carbons (Fsp3) is 0.375. The topological polar surface area (TPSA) is 96.0 Å². The summed E-state index contributed by atoms with van der Waals surface area (Å²) in [5.74, 6) is -0.135. The Bertz CT molecular complexity index is 1450. The predicted octanol–water partition coefficient (Wildman–Crippen LogP) is 5.15. The van der Waals surface area contributed by atoms with Gasteiger partial charge < -0.3 is 15.0 Å². The van der Waals surface area contributed by atoms with Crippen molar-refractivity contribution in [2.24, 2.45) is 0 Å². The van der Waals surface area contributed by atoms with E-state index in [-0.39, 0.29) is 23.4 Å². The molecule has 0 saturated heterocycles. The SMILES string of the molecule is CC[C@@H](C)NC(=O)[C@@H](C)N(Cc1ccc(OC)cc1)C(=O)CN(c1cccc(C)c1C)S(=O)(=O)c1ccc(C)cc1. The van der Waals surface area contributed by atoms with Gasteiger partial charge >= 0.3 is 0 Å². The van der Waals surface area contributed by atoms with Gasteiger partial charge in [-0.1, -0.05) is 48.9 Å². The first-order valence-corrected chi connectivity index (χ1v) is 15.2. The van der Waals surface area contributed by atoms with Gasteiger partial charge in [0.25, 0.3) is 10.0 Å². The molecule has 2 amide bonds. The van der Waals surface area contributed by atoms with Crippen molar-refractivity contribution in [1.29, 1.82) is 0 Å². The van der Waals surface area contributed by atoms with E-state index in [1.54, 1.807) is 62.6 Å². The summed E-state index contributed by atoms with van der Waals surface area (Å²) >= 11 is 0. The summed E-state index contributed by atoms with van der Waals surface area (Å²) in [5.41, 5.74) is 3.77. The average Bonchev–Trinajstić information content (AvgIpc) is 2.96. The molecule has 0 radical (unpaired) electrons. The van der Waals surface area contributed by atoms with Crippen molar-refractivity contribution in [2.45, 2.75) is 71.5 Å². The zero-order valence-electron chi connectivity index (χ0n) is 25.0. The summed E-state index contributed by atoms with van der Waals surface area (Å²) in [6.45, 7) is 10.8. The number of aryl methyl sites for hydroxylation is 2. The molecule has 3 aromatic carbocycles. The molecular formula is C32H41N3O5S. The Labute approximate surface area is 244 Å². The van der Waals surface area contributed by atoms with Gasteiger partial charge in [0.1, 0.15) is 18.3 Å². The molecule has 0 aliphatic carbocycles. The van der Waals surface area contributed by atoms with E-state index in [1.807, 2.05) is 52.8 Å². The van der Waals surface area contributed by atoms with Crippen molar-refractivity contribution >= 4 is 27.5 Å². The quantitative estimate of drug-likeness (QED) is 0.320. The number of nitrogens with zero attached hydrogens (tertiary/aromatic N) is 2. The summed E-state index contributed by atoms with van der Waals surface area (Å²) in [5, 5.41) is 2.95. The first kappa shape index (κ1) is 31.7. The minimum Gasteiger partial charge on any atom is -0.497 e. The Morgan fingerprint density at radius 1 is 0.927 bits per heavy atom. The first-order chi connectivity index (χ1) is 19.4. The smallest absolute Gasteiger partial charge is 0.264 e. The third-order valence-electron chi connectivity index (χ3n) is 7.41. The number of anilines is 1. The molecule has 0 fully saturated rings. The van der Waals surface area contributed by atoms with Crippen LogP contribution in [0.25, 0.3) is 0 Å². The standard InChI is InChI=1S/C32H41N3O5S/c1-8-24(4)33-32(37)26(6)34(20-27-14-16-28(40-7)17-15-27)31(36)21-35(30-11-9-10-23(3)25(30)5)41(38,39)29-18-12-22(2)13-19-29/h9-19,24,26H,8,20-21H2,1-7H3,(H,33,37)/t24-,26-/m1/s1. The lowest BCUT2D eigenvalue weighted by molar-refractivity contribution is -0.139. The molecule has 0 saturated carbocycles. The van der Waals surface area contributed by atoms with Crippen LogP contribution in [-0.2, 0) is 26.2 Å². The van der Waals surface area contributed by atoms with E-state index in [0.717, 1.165) is 33.0 Å². The number of carbonyl (C=O) groups is 2. The van der Waals surface area contributed by atoms with Crippen LogP contribution in [0.2, 0.25) is 0 Å². The summed E-state index contributed by atoms with van der Waals surface area (Å²) in [6.07, 6.45) is 0.736. The van der Waals surface area contributed by atoms with E-state index >= 15 is 0 Å². The fourth-order valence-electron chi connectivity index (χ4n) is 4.33. The van der Waals surface area contributed by atoms with Crippen LogP contribution >= 0.6 is 0 Å². The van der Waals surface area contributed by atoms with Crippen molar-refractivity contribution in [3.05, 3.63) is 89.0 Å². The molecule has 9 heteroatoms. The van der Waals surface area contributed by atoms with Crippen LogP contribution in [-0.4, -0.2) is 50.9 Å². The summed E-state index contributed by atoms with van der Waals surface area (Å²) in [4.78, 5) is 28.8. The summed E-state index contributed by atoms with van der Waals surface area (Å²) in [6, 6.07) is 18.2. The molecule has 0 aromatic heterocycles. The van der Waals surface area contributed by atoms with Crippen molar-refractivity contribution in [3.63, 3.8) is 0 Å². The molecule has 0 spiro atoms. The van der Waals surface area contributed by atoms with Crippen LogP contribution in [0.5, 0.6) is 5.75 Å². The molecule has 0 unspecified atom stereocenters. The molecule has 8 nitrogen and oxygen atoms in total. The number of rotatable bonds is 12. The minimum atomic E-state index is -4.12. The van der Waals surface area contributed by atoms with Crippen LogP contribution < -0.4 is 14.4 Å². The van der Waals surface area contributed by atoms with Crippen molar-refractivity contribution in [1.82, 2.24) is 10.2 Å². The van der Waals surface area contributed by atoms with E-state index in [9.17, 15) is 18.0 Å². The monoisotopic (exact) mass is 579 g/mol. The number of hydrogen-bond donors (Lipinski definition) is 1. The second kappa shape index (κ2) is 13.7. The second-order valence-corrected chi connectivity index (χ2v) is 12.3. The van der Waals surface area contributed by atoms with Gasteiger partial charge in [-0.25, -0.2) is 8.42 Å². The summed E-state index contributed by atoms with van der Waals surface area (Å²) in [7, 11) is -2.55. The highest BCUT2D eigenvalue weighted by Crippen LogP contribution is 2.29. The number of nitrogens with one attached hydrogen (secondary N) is 1. The largest absolute Gasteiger partial charge is 0.497 e. The van der Waals surface area contributed by atoms with E-state index in [4.69, 9.17) is 4.74 Å². The predicted molar refractivity (Wildman–Crippen MR) is 163 cm³/mol. The molecule has 3 aromatic rings. The summed E-state index contributed by atoms with van der Waals surface area (Å²) < 4.78 is 34.5. The number of sulfonamides is 1. The maximum atomic E-state index is 14.1. The van der Waals surface area contributed by atoms with Crippen LogP contribution in [0.3, 0.4) is 0 Å². The molecule has 2 atom stereocenters. The number of benzene rings is 3. The molecule has 0 heterocycles. The highest BCUT2D eigenvalue weighted by atomic mass is 32.2. The van der Waals surface area contributed by atoms with E-state index in [0.29, 0.717) is 11.4 Å². The third kappa shape index (κ3) is 7.67. The van der Waals surface area contributed by atoms with Crippen LogP contribution in [0.4, 0.5) is 5.69 Å². The normalized spacial score (nSPS) is 12.8. The van der Waals surface area contributed by atoms with Gasteiger partial charge in [-0.2, -0.15) is 0 Å². The molecule has 3 rings (SSSR count). The Balaban J connectivity index is 2.06. The van der Waals surface area contributed by atoms with Gasteiger partial charge in [-0.3, -0.25) is 13.9 Å². The molecule has 41 heavy (non-hydrogen) atoms. The van der Waals surface area contributed by atoms with Gasteiger partial charge in [0.05, 0.1) is 17.7 Å². The van der Waals surface area contributed by atoms with Gasteiger partial charge in [0, 0.05) is 12.6 Å². The Kier molecular flexibility index (Phi) is 10.6. The van der Waals surface area contributed by atoms with Crippen molar-refractivity contribution in [3.8, 4) is 5.75 Å². The number of carbonyl (C=O) groups excluding carboxylic acids is 2. The molecular weight excluding hydrogens is 538 g/mol. The lowest BCUT2D eigenvalue weighted by atomic mass is 10.1. The van der Waals surface area contributed by atoms with E-state index in [2.05, 4.69) is 5.32 Å². The van der Waals surface area contributed by atoms with E-state index in [1.165, 1.54) is 4.90 Å². The lowest BCUT2D eigenvalue weighted by Crippen LogP contribution is -2.52. The zero-order chi connectivity index (χ0) is 30.3. The van der Waals surface area contributed by atoms with Gasteiger partial charge in [0.2, 0.25) is 11.8 Å². The number of amides is 2. The van der Waals surface area contributed by atoms with E-state index < -0.39 is 28.5 Å². The zero-order valence-corrected chi connectivity index (χ0v) is 25.8. The minimum absolute atomic E-state index is 0.0729. The molecule has 0 aliphatic rings. The third-order valence-corrected chi connectivity index (χ3v) is 9.19. The molecule has 0 aliphatic heterocycles. The number of methoxy groups -OCH3 is 1. The molecule has 1 N–H and O–H groups in total. The van der Waals surface area contributed by atoms with Crippen molar-refractivity contribution < 1.29 is 22.7 Å². The van der Waals surface area contributed by atoms with Crippen LogP contribution in [0.1, 0.15) is 49.4 Å². The first-order valence-electron chi connectivity index (χ1n) is 13.8. The second-order valence-electron chi connectivity index (χ2n) is 10.4. The van der Waals surface area contributed by atoms with Crippen molar-refractivity contribution in [2.75, 3.05) is 18.0 Å². The van der Waals surface area contributed by atoms with Crippen LogP contribution in [0, 0.1) is 20.8 Å². The highest BCUT2D eigenvalue weighted by Gasteiger charge is 2.33. The Hall–Kier alpha value is -3.85. The maximum Gasteiger partial charge on any atom is 0.264 e. The Morgan fingerprint density at radius 3 is 2.15 bits per heavy atom. The van der Waals surface area contributed by atoms with Crippen LogP contribution in [0.15, 0.2) is 71.6 Å². The molecule has 220 valence electrons. The number of ether oxygens (including phenoxy) is 1. The van der Waals surface area contributed by atoms with Gasteiger partial charge in [0.15, 0.2) is 0 Å². The fourth-order valence-corrected chi connectivity index (χ4v) is 5.80. The maximum absolute atomic E-state index is 14.1.